The van der Waals surface area contributed by atoms with Gasteiger partial charge in [-0.05, 0) is 20.8 Å². The van der Waals surface area contributed by atoms with E-state index in [1.54, 1.807) is 20.8 Å². The summed E-state index contributed by atoms with van der Waals surface area (Å²) in [5, 5.41) is 0.316. The number of fused-ring (bicyclic) bond motifs is 1. The molecule has 2 heterocycles. The minimum absolute atomic E-state index is 0.146. The Morgan fingerprint density at radius 2 is 2.16 bits per heavy atom. The van der Waals surface area contributed by atoms with Gasteiger partial charge in [0, 0.05) is 18.2 Å². The lowest BCUT2D eigenvalue weighted by Gasteiger charge is -2.33. The van der Waals surface area contributed by atoms with Crippen LogP contribution in [0, 0.1) is 0 Å². The van der Waals surface area contributed by atoms with Crippen LogP contribution < -0.4 is 4.67 Å². The molecule has 4 unspecified atom stereocenters. The zero-order valence-corrected chi connectivity index (χ0v) is 16.1. The van der Waals surface area contributed by atoms with E-state index in [1.165, 1.54) is 23.7 Å². The average molecular weight is 394 g/mol. The first-order valence-corrected chi connectivity index (χ1v) is 9.11. The van der Waals surface area contributed by atoms with Crippen LogP contribution in [0.25, 0.3) is 0 Å². The molecular weight excluding hydrogens is 372 g/mol. The second kappa shape index (κ2) is 7.86. The van der Waals surface area contributed by atoms with E-state index in [1.807, 2.05) is 0 Å². The molecule has 2 fully saturated rings. The highest BCUT2D eigenvalue weighted by atomic mass is 35.5. The van der Waals surface area contributed by atoms with Crippen LogP contribution in [-0.2, 0) is 18.9 Å². The van der Waals surface area contributed by atoms with Gasteiger partial charge in [0.1, 0.15) is 23.2 Å². The van der Waals surface area contributed by atoms with Crippen molar-refractivity contribution < 1.29 is 28.5 Å². The third-order valence-electron chi connectivity index (χ3n) is 3.44. The van der Waals surface area contributed by atoms with Gasteiger partial charge in [0.25, 0.3) is 0 Å². The third kappa shape index (κ3) is 5.04. The molecule has 10 heteroatoms. The molecule has 0 aromatic carbocycles. The first-order chi connectivity index (χ1) is 11.6. The van der Waals surface area contributed by atoms with Crippen LogP contribution in [0.4, 0.5) is 9.59 Å². The Kier molecular flexibility index (Phi) is 6.26. The molecule has 0 bridgehead atoms. The zero-order valence-electron chi connectivity index (χ0n) is 14.6. The number of hydrogen-bond acceptors (Lipinski definition) is 7. The quantitative estimate of drug-likeness (QED) is 0.233. The van der Waals surface area contributed by atoms with Gasteiger partial charge >= 0.3 is 17.4 Å². The van der Waals surface area contributed by atoms with E-state index in [2.05, 4.69) is 11.4 Å². The molecule has 4 atom stereocenters. The second-order valence-electron chi connectivity index (χ2n) is 6.58. The molecule has 2 aliphatic rings. The summed E-state index contributed by atoms with van der Waals surface area (Å²) in [5.74, 6) is 0.146. The van der Waals surface area contributed by atoms with Crippen molar-refractivity contribution in [2.24, 2.45) is 0 Å². The number of thioether (sulfide) groups is 1. The van der Waals surface area contributed by atoms with Crippen LogP contribution in [0.3, 0.4) is 0 Å². The van der Waals surface area contributed by atoms with Crippen molar-refractivity contribution in [3.8, 4) is 0 Å². The summed E-state index contributed by atoms with van der Waals surface area (Å²) in [6.07, 6.45) is -2.36. The summed E-state index contributed by atoms with van der Waals surface area (Å²) >= 11 is 7.09. The first-order valence-electron chi connectivity index (χ1n) is 7.70. The number of alkyl halides is 1. The molecule has 0 aromatic heterocycles. The average Bonchev–Trinajstić information content (AvgIpc) is 2.89. The minimum atomic E-state index is -0.726. The number of amidine groups is 1. The molecule has 140 valence electrons. The summed E-state index contributed by atoms with van der Waals surface area (Å²) in [7, 11) is 1.54. The number of halogens is 1. The van der Waals surface area contributed by atoms with Crippen molar-refractivity contribution in [3.63, 3.8) is 0 Å². The highest BCUT2D eigenvalue weighted by Gasteiger charge is 2.49. The third-order valence-corrected chi connectivity index (χ3v) is 4.93. The van der Waals surface area contributed by atoms with Crippen LogP contribution >= 0.6 is 23.4 Å². The van der Waals surface area contributed by atoms with Crippen molar-refractivity contribution in [2.45, 2.75) is 56.5 Å². The molecule has 8 nitrogen and oxygen atoms in total. The van der Waals surface area contributed by atoms with E-state index in [-0.39, 0.29) is 5.88 Å². The lowest BCUT2D eigenvalue weighted by Crippen LogP contribution is -2.47. The van der Waals surface area contributed by atoms with Crippen molar-refractivity contribution in [1.29, 1.82) is 0 Å². The SMILES string of the molecule is C=[N+]=C(SC1CC2OC(=O)OC2C(CCl)O1)N(C)C(=O)OC(C)(C)C. The van der Waals surface area contributed by atoms with E-state index < -0.39 is 41.6 Å². The number of amides is 1. The summed E-state index contributed by atoms with van der Waals surface area (Å²) in [6.45, 7) is 8.82. The summed E-state index contributed by atoms with van der Waals surface area (Å²) in [5.41, 5.74) is -1.06. The Bertz CT molecular complexity index is 589. The van der Waals surface area contributed by atoms with E-state index in [0.717, 1.165) is 0 Å². The van der Waals surface area contributed by atoms with E-state index in [4.69, 9.17) is 30.5 Å². The topological polar surface area (TPSA) is 88.4 Å². The molecule has 2 rings (SSSR count). The van der Waals surface area contributed by atoms with Gasteiger partial charge in [0.15, 0.2) is 12.8 Å². The van der Waals surface area contributed by atoms with Gasteiger partial charge in [-0.1, -0.05) is 0 Å². The number of carbonyl (C=O) groups excluding carboxylic acids is 2. The molecule has 2 aliphatic heterocycles. The molecule has 0 N–H and O–H groups in total. The fourth-order valence-corrected chi connectivity index (χ4v) is 3.64. The van der Waals surface area contributed by atoms with Crippen LogP contribution in [0.15, 0.2) is 0 Å². The van der Waals surface area contributed by atoms with E-state index in [9.17, 15) is 9.59 Å². The predicted molar refractivity (Wildman–Crippen MR) is 95.0 cm³/mol. The lowest BCUT2D eigenvalue weighted by molar-refractivity contribution is -0.0848. The van der Waals surface area contributed by atoms with Crippen LogP contribution in [0.2, 0.25) is 0 Å². The molecule has 0 radical (unpaired) electrons. The monoisotopic (exact) mass is 393 g/mol. The van der Waals surface area contributed by atoms with Gasteiger partial charge in [-0.15, -0.1) is 16.5 Å². The van der Waals surface area contributed by atoms with Gasteiger partial charge in [-0.3, -0.25) is 0 Å². The highest BCUT2D eigenvalue weighted by Crippen LogP contribution is 2.35. The van der Waals surface area contributed by atoms with Crippen molar-refractivity contribution in [1.82, 2.24) is 9.57 Å². The normalized spacial score (nSPS) is 28.3. The summed E-state index contributed by atoms with van der Waals surface area (Å²) in [4.78, 5) is 24.8. The van der Waals surface area contributed by atoms with Gasteiger partial charge in [-0.2, -0.15) is 4.79 Å². The van der Waals surface area contributed by atoms with E-state index >= 15 is 0 Å². The molecule has 0 aliphatic carbocycles. The van der Waals surface area contributed by atoms with Crippen LogP contribution in [0.1, 0.15) is 27.2 Å². The standard InChI is InChI=1S/C15H22ClN2O6S/c1-15(2,3)24-13(19)18(5)12(17-4)25-10-6-8-11(9(7-16)21-10)23-14(20)22-8/h8-11H,4,6-7H2,1-3,5H3/q+1. The number of ether oxygens (including phenoxy) is 4. The second-order valence-corrected chi connectivity index (χ2v) is 8.02. The maximum absolute atomic E-state index is 12.2. The summed E-state index contributed by atoms with van der Waals surface area (Å²) < 4.78 is 25.3. The Labute approximate surface area is 155 Å². The Morgan fingerprint density at radius 1 is 1.48 bits per heavy atom. The predicted octanol–water partition coefficient (Wildman–Crippen LogP) is 1.97. The van der Waals surface area contributed by atoms with Crippen LogP contribution in [0.5, 0.6) is 0 Å². The number of carbonyl (C=O) groups is 2. The first kappa shape index (κ1) is 19.9. The maximum Gasteiger partial charge on any atom is 0.509 e. The number of nitrogens with zero attached hydrogens (tertiary/aromatic N) is 2. The van der Waals surface area contributed by atoms with Gasteiger partial charge < -0.3 is 18.9 Å². The molecule has 0 saturated carbocycles. The number of hydrogen-bond donors (Lipinski definition) is 0. The zero-order chi connectivity index (χ0) is 18.8. The Balaban J connectivity index is 2.03. The number of rotatable bonds is 2. The molecule has 2 saturated heterocycles. The van der Waals surface area contributed by atoms with Gasteiger partial charge in [-0.25, -0.2) is 9.46 Å². The molecule has 0 spiro atoms. The largest absolute Gasteiger partial charge is 0.509 e. The Morgan fingerprint density at radius 3 is 2.72 bits per heavy atom. The van der Waals surface area contributed by atoms with E-state index in [0.29, 0.717) is 11.6 Å². The maximum atomic E-state index is 12.2. The molecular formula is C15H22ClN2O6S+. The summed E-state index contributed by atoms with van der Waals surface area (Å²) in [6, 6.07) is 0. The van der Waals surface area contributed by atoms with Crippen molar-refractivity contribution >= 4 is 47.5 Å². The molecule has 0 aromatic rings. The fourth-order valence-electron chi connectivity index (χ4n) is 2.37. The lowest BCUT2D eigenvalue weighted by atomic mass is 10.0. The fraction of sp³-hybridized carbons (Fsp3) is 0.733. The molecule has 1 amide bonds. The molecule has 25 heavy (non-hydrogen) atoms. The Hall–Kier alpha value is -1.41. The van der Waals surface area contributed by atoms with Crippen molar-refractivity contribution in [3.05, 3.63) is 0 Å². The van der Waals surface area contributed by atoms with Gasteiger partial charge in [0.05, 0.1) is 12.9 Å². The smallest absolute Gasteiger partial charge is 0.427 e. The van der Waals surface area contributed by atoms with Crippen molar-refractivity contribution in [2.75, 3.05) is 12.9 Å². The highest BCUT2D eigenvalue weighted by molar-refractivity contribution is 8.14. The minimum Gasteiger partial charge on any atom is -0.427 e. The van der Waals surface area contributed by atoms with Gasteiger partial charge in [0.2, 0.25) is 0 Å². The van der Waals surface area contributed by atoms with Crippen LogP contribution in [-0.4, -0.2) is 71.3 Å².